The predicted molar refractivity (Wildman–Crippen MR) is 76.2 cm³/mol. The second-order valence-corrected chi connectivity index (χ2v) is 5.47. The number of carbonyl (C=O) groups excluding carboxylic acids is 1. The number of non-ortho nitro benzene ring substituents is 1. The molecule has 0 saturated carbocycles. The minimum absolute atomic E-state index is 0.00112. The van der Waals surface area contributed by atoms with Crippen molar-refractivity contribution in [3.05, 3.63) is 37.9 Å². The lowest BCUT2D eigenvalue weighted by Gasteiger charge is -2.17. The Kier molecular flexibility index (Phi) is 4.47. The first-order chi connectivity index (χ1) is 9.43. The molecular formula is C12H13Cl2N3O3. The first-order valence-corrected chi connectivity index (χ1v) is 6.82. The number of hydrogen-bond acceptors (Lipinski definition) is 4. The molecule has 1 aromatic rings. The highest BCUT2D eigenvalue weighted by molar-refractivity contribution is 6.44. The number of benzene rings is 1. The maximum atomic E-state index is 12.4. The van der Waals surface area contributed by atoms with Crippen LogP contribution in [0.4, 0.5) is 5.69 Å². The van der Waals surface area contributed by atoms with Crippen LogP contribution in [0, 0.1) is 16.0 Å². The van der Waals surface area contributed by atoms with Crippen LogP contribution in [0.5, 0.6) is 0 Å². The number of halogens is 2. The average Bonchev–Trinajstić information content (AvgIpc) is 2.89. The van der Waals surface area contributed by atoms with Gasteiger partial charge in [-0.2, -0.15) is 0 Å². The van der Waals surface area contributed by atoms with E-state index >= 15 is 0 Å². The van der Waals surface area contributed by atoms with E-state index in [1.165, 1.54) is 0 Å². The van der Waals surface area contributed by atoms with Gasteiger partial charge in [0.15, 0.2) is 0 Å². The number of amides is 1. The molecule has 8 heteroatoms. The Balaban J connectivity index is 2.32. The summed E-state index contributed by atoms with van der Waals surface area (Å²) in [6.07, 6.45) is 0.822. The van der Waals surface area contributed by atoms with E-state index in [1.807, 2.05) is 0 Å². The van der Waals surface area contributed by atoms with E-state index in [0.29, 0.717) is 19.6 Å². The summed E-state index contributed by atoms with van der Waals surface area (Å²) in [5, 5.41) is 10.9. The van der Waals surface area contributed by atoms with Gasteiger partial charge in [-0.1, -0.05) is 23.2 Å². The Morgan fingerprint density at radius 1 is 1.50 bits per heavy atom. The second kappa shape index (κ2) is 5.95. The van der Waals surface area contributed by atoms with Gasteiger partial charge in [0.25, 0.3) is 11.6 Å². The molecular weight excluding hydrogens is 305 g/mol. The molecule has 6 nitrogen and oxygen atoms in total. The van der Waals surface area contributed by atoms with Crippen LogP contribution in [0.15, 0.2) is 12.1 Å². The van der Waals surface area contributed by atoms with Gasteiger partial charge in [0.2, 0.25) is 0 Å². The number of carbonyl (C=O) groups is 1. The van der Waals surface area contributed by atoms with Gasteiger partial charge in [0, 0.05) is 25.2 Å². The van der Waals surface area contributed by atoms with Crippen LogP contribution in [0.3, 0.4) is 0 Å². The number of nitrogens with zero attached hydrogens (tertiary/aromatic N) is 2. The highest BCUT2D eigenvalue weighted by Gasteiger charge is 2.29. The molecule has 1 unspecified atom stereocenters. The number of rotatable bonds is 3. The van der Waals surface area contributed by atoms with Gasteiger partial charge in [-0.15, -0.1) is 0 Å². The molecule has 20 heavy (non-hydrogen) atoms. The maximum absolute atomic E-state index is 12.4. The van der Waals surface area contributed by atoms with E-state index in [0.717, 1.165) is 18.6 Å². The van der Waals surface area contributed by atoms with Crippen molar-refractivity contribution in [1.29, 1.82) is 0 Å². The van der Waals surface area contributed by atoms with Gasteiger partial charge < -0.3 is 10.6 Å². The minimum Gasteiger partial charge on any atom is -0.338 e. The van der Waals surface area contributed by atoms with Crippen molar-refractivity contribution >= 4 is 34.8 Å². The normalized spacial score (nSPS) is 18.4. The lowest BCUT2D eigenvalue weighted by Crippen LogP contribution is -2.30. The Bertz CT molecular complexity index is 565. The third-order valence-electron chi connectivity index (χ3n) is 3.36. The summed E-state index contributed by atoms with van der Waals surface area (Å²) in [6.45, 7) is 1.61. The molecule has 1 aromatic carbocycles. The standard InChI is InChI=1S/C12H13Cl2N3O3/c13-10-4-8(17(19)20)3-9(11(10)14)12(18)16-2-1-7(5-15)6-16/h3-4,7H,1-2,5-6,15H2. The Labute approximate surface area is 125 Å². The van der Waals surface area contributed by atoms with Gasteiger partial charge in [0.1, 0.15) is 0 Å². The van der Waals surface area contributed by atoms with Crippen molar-refractivity contribution in [2.75, 3.05) is 19.6 Å². The molecule has 0 aromatic heterocycles. The largest absolute Gasteiger partial charge is 0.338 e. The van der Waals surface area contributed by atoms with E-state index in [1.54, 1.807) is 4.90 Å². The topological polar surface area (TPSA) is 89.5 Å². The molecule has 1 atom stereocenters. The summed E-state index contributed by atoms with van der Waals surface area (Å²) in [7, 11) is 0. The first kappa shape index (κ1) is 15.0. The van der Waals surface area contributed by atoms with Gasteiger partial charge in [-0.25, -0.2) is 0 Å². The zero-order valence-corrected chi connectivity index (χ0v) is 12.0. The predicted octanol–water partition coefficient (Wildman–Crippen LogP) is 2.32. The fourth-order valence-corrected chi connectivity index (χ4v) is 2.62. The number of hydrogen-bond donors (Lipinski definition) is 1. The summed E-state index contributed by atoms with van der Waals surface area (Å²) < 4.78 is 0. The molecule has 1 fully saturated rings. The third-order valence-corrected chi connectivity index (χ3v) is 4.16. The summed E-state index contributed by atoms with van der Waals surface area (Å²) in [5.41, 5.74) is 5.38. The van der Waals surface area contributed by atoms with Gasteiger partial charge in [-0.3, -0.25) is 14.9 Å². The summed E-state index contributed by atoms with van der Waals surface area (Å²) in [6, 6.07) is 2.29. The third kappa shape index (κ3) is 2.87. The fraction of sp³-hybridized carbons (Fsp3) is 0.417. The molecule has 108 valence electrons. The molecule has 0 radical (unpaired) electrons. The molecule has 1 saturated heterocycles. The summed E-state index contributed by atoms with van der Waals surface area (Å²) in [5.74, 6) is -0.0940. The maximum Gasteiger partial charge on any atom is 0.271 e. The SMILES string of the molecule is NCC1CCN(C(=O)c2cc([N+](=O)[O-])cc(Cl)c2Cl)C1. The molecule has 0 spiro atoms. The van der Waals surface area contributed by atoms with Crippen LogP contribution >= 0.6 is 23.2 Å². The second-order valence-electron chi connectivity index (χ2n) is 4.69. The monoisotopic (exact) mass is 317 g/mol. The van der Waals surface area contributed by atoms with Gasteiger partial charge >= 0.3 is 0 Å². The van der Waals surface area contributed by atoms with Crippen molar-refractivity contribution in [1.82, 2.24) is 4.90 Å². The Morgan fingerprint density at radius 2 is 2.20 bits per heavy atom. The molecule has 1 aliphatic heterocycles. The summed E-state index contributed by atoms with van der Waals surface area (Å²) in [4.78, 5) is 24.2. The van der Waals surface area contributed by atoms with Gasteiger partial charge in [0.05, 0.1) is 20.5 Å². The van der Waals surface area contributed by atoms with Crippen molar-refractivity contribution in [3.8, 4) is 0 Å². The highest BCUT2D eigenvalue weighted by atomic mass is 35.5. The molecule has 0 bridgehead atoms. The average molecular weight is 318 g/mol. The lowest BCUT2D eigenvalue weighted by molar-refractivity contribution is -0.384. The van der Waals surface area contributed by atoms with Gasteiger partial charge in [-0.05, 0) is 18.9 Å². The fourth-order valence-electron chi connectivity index (χ4n) is 2.22. The molecule has 1 amide bonds. The van der Waals surface area contributed by atoms with Crippen LogP contribution in [0.2, 0.25) is 10.0 Å². The minimum atomic E-state index is -0.605. The van der Waals surface area contributed by atoms with Crippen molar-refractivity contribution < 1.29 is 9.72 Å². The van der Waals surface area contributed by atoms with E-state index < -0.39 is 4.92 Å². The summed E-state index contributed by atoms with van der Waals surface area (Å²) >= 11 is 11.8. The number of nitrogens with two attached hydrogens (primary N) is 1. The Morgan fingerprint density at radius 3 is 2.75 bits per heavy atom. The van der Waals surface area contributed by atoms with Crippen LogP contribution in [0.1, 0.15) is 16.8 Å². The molecule has 0 aliphatic carbocycles. The molecule has 1 aliphatic rings. The van der Waals surface area contributed by atoms with E-state index in [2.05, 4.69) is 0 Å². The Hall–Kier alpha value is -1.37. The van der Waals surface area contributed by atoms with Crippen LogP contribution in [-0.2, 0) is 0 Å². The van der Waals surface area contributed by atoms with E-state index in [4.69, 9.17) is 28.9 Å². The van der Waals surface area contributed by atoms with E-state index in [-0.39, 0.29) is 33.1 Å². The van der Waals surface area contributed by atoms with Crippen LogP contribution in [0.25, 0.3) is 0 Å². The van der Waals surface area contributed by atoms with Crippen LogP contribution < -0.4 is 5.73 Å². The highest BCUT2D eigenvalue weighted by Crippen LogP contribution is 2.32. The zero-order valence-electron chi connectivity index (χ0n) is 10.5. The molecule has 2 rings (SSSR count). The number of nitro groups is 1. The first-order valence-electron chi connectivity index (χ1n) is 6.06. The van der Waals surface area contributed by atoms with Crippen molar-refractivity contribution in [2.45, 2.75) is 6.42 Å². The number of nitro benzene ring substituents is 1. The number of likely N-dealkylation sites (tertiary alicyclic amines) is 1. The zero-order chi connectivity index (χ0) is 14.9. The van der Waals surface area contributed by atoms with Crippen molar-refractivity contribution in [3.63, 3.8) is 0 Å². The van der Waals surface area contributed by atoms with E-state index in [9.17, 15) is 14.9 Å². The smallest absolute Gasteiger partial charge is 0.271 e. The molecule has 1 heterocycles. The van der Waals surface area contributed by atoms with Crippen LogP contribution in [-0.4, -0.2) is 35.4 Å². The van der Waals surface area contributed by atoms with Crippen molar-refractivity contribution in [2.24, 2.45) is 11.7 Å². The lowest BCUT2D eigenvalue weighted by atomic mass is 10.1. The quantitative estimate of drug-likeness (QED) is 0.684. The molecule has 2 N–H and O–H groups in total.